The predicted octanol–water partition coefficient (Wildman–Crippen LogP) is 1.35. The van der Waals surface area contributed by atoms with Gasteiger partial charge in [0.05, 0.1) is 6.54 Å². The highest BCUT2D eigenvalue weighted by Gasteiger charge is 2.21. The molecule has 114 valence electrons. The topological polar surface area (TPSA) is 52.7 Å². The van der Waals surface area contributed by atoms with E-state index >= 15 is 0 Å². The summed E-state index contributed by atoms with van der Waals surface area (Å²) in [4.78, 5) is 27.0. The van der Waals surface area contributed by atoms with Gasteiger partial charge in [-0.25, -0.2) is 0 Å². The Hall–Kier alpha value is -2.04. The maximum atomic E-state index is 12.1. The molecular weight excluding hydrogens is 266 g/mol. The van der Waals surface area contributed by atoms with Gasteiger partial charge in [-0.1, -0.05) is 19.1 Å². The quantitative estimate of drug-likeness (QED) is 0.910. The first-order valence-electron chi connectivity index (χ1n) is 7.46. The minimum Gasteiger partial charge on any atom is -0.376 e. The number of hydrogen-bond acceptors (Lipinski definition) is 3. The van der Waals surface area contributed by atoms with E-state index in [0.717, 1.165) is 12.1 Å². The summed E-state index contributed by atoms with van der Waals surface area (Å²) in [5, 5.41) is 3.16. The molecule has 1 saturated heterocycles. The van der Waals surface area contributed by atoms with Crippen molar-refractivity contribution in [3.63, 3.8) is 0 Å². The fraction of sp³-hybridized carbons (Fsp3) is 0.500. The van der Waals surface area contributed by atoms with Crippen LogP contribution in [0.5, 0.6) is 0 Å². The second kappa shape index (κ2) is 7.11. The fourth-order valence-corrected chi connectivity index (χ4v) is 2.42. The lowest BCUT2D eigenvalue weighted by Crippen LogP contribution is -2.51. The van der Waals surface area contributed by atoms with Crippen LogP contribution in [0.4, 0.5) is 5.69 Å². The van der Waals surface area contributed by atoms with E-state index in [9.17, 15) is 9.59 Å². The van der Waals surface area contributed by atoms with Gasteiger partial charge in [-0.2, -0.15) is 0 Å². The Labute approximate surface area is 125 Å². The number of anilines is 1. The summed E-state index contributed by atoms with van der Waals surface area (Å²) in [6.45, 7) is 6.49. The number of carbonyl (C=O) groups excluding carboxylic acids is 2. The molecule has 1 aromatic rings. The van der Waals surface area contributed by atoms with E-state index in [0.29, 0.717) is 32.7 Å². The molecule has 21 heavy (non-hydrogen) atoms. The van der Waals surface area contributed by atoms with Gasteiger partial charge in [0.25, 0.3) is 0 Å². The zero-order valence-electron chi connectivity index (χ0n) is 12.8. The molecule has 1 heterocycles. The highest BCUT2D eigenvalue weighted by Crippen LogP contribution is 2.10. The van der Waals surface area contributed by atoms with Crippen molar-refractivity contribution in [2.24, 2.45) is 0 Å². The first kappa shape index (κ1) is 15.4. The molecule has 1 aliphatic heterocycles. The largest absolute Gasteiger partial charge is 0.376 e. The Morgan fingerprint density at radius 3 is 2.14 bits per heavy atom. The van der Waals surface area contributed by atoms with Crippen LogP contribution in [0, 0.1) is 0 Å². The van der Waals surface area contributed by atoms with Gasteiger partial charge in [-0.15, -0.1) is 0 Å². The third-order valence-electron chi connectivity index (χ3n) is 3.88. The molecule has 1 aromatic carbocycles. The van der Waals surface area contributed by atoms with E-state index in [1.165, 1.54) is 5.56 Å². The lowest BCUT2D eigenvalue weighted by atomic mass is 10.1. The predicted molar refractivity (Wildman–Crippen MR) is 83.1 cm³/mol. The van der Waals surface area contributed by atoms with E-state index in [1.807, 2.05) is 17.0 Å². The SMILES string of the molecule is CCc1ccc(NCC(=O)N2CCN(C(C)=O)CC2)cc1. The summed E-state index contributed by atoms with van der Waals surface area (Å²) in [6.07, 6.45) is 1.01. The molecule has 1 aliphatic rings. The Bertz CT molecular complexity index is 491. The van der Waals surface area contributed by atoms with Gasteiger partial charge in [0, 0.05) is 38.8 Å². The minimum atomic E-state index is 0.0798. The third-order valence-corrected chi connectivity index (χ3v) is 3.88. The number of rotatable bonds is 4. The van der Waals surface area contributed by atoms with Crippen LogP contribution in [0.2, 0.25) is 0 Å². The van der Waals surface area contributed by atoms with Crippen LogP contribution in [0.3, 0.4) is 0 Å². The number of nitrogens with one attached hydrogen (secondary N) is 1. The maximum absolute atomic E-state index is 12.1. The second-order valence-corrected chi connectivity index (χ2v) is 5.29. The third kappa shape index (κ3) is 4.21. The van der Waals surface area contributed by atoms with Gasteiger partial charge in [0.1, 0.15) is 0 Å². The Morgan fingerprint density at radius 1 is 1.05 bits per heavy atom. The van der Waals surface area contributed by atoms with Crippen molar-refractivity contribution in [1.82, 2.24) is 9.80 Å². The second-order valence-electron chi connectivity index (χ2n) is 5.29. The number of hydrogen-bond donors (Lipinski definition) is 1. The van der Waals surface area contributed by atoms with Crippen molar-refractivity contribution < 1.29 is 9.59 Å². The molecular formula is C16H23N3O2. The number of aryl methyl sites for hydroxylation is 1. The van der Waals surface area contributed by atoms with Crippen LogP contribution < -0.4 is 5.32 Å². The van der Waals surface area contributed by atoms with Crippen LogP contribution in [-0.2, 0) is 16.0 Å². The zero-order valence-corrected chi connectivity index (χ0v) is 12.8. The zero-order chi connectivity index (χ0) is 15.2. The fourth-order valence-electron chi connectivity index (χ4n) is 2.42. The number of nitrogens with zero attached hydrogens (tertiary/aromatic N) is 2. The van der Waals surface area contributed by atoms with Crippen molar-refractivity contribution in [3.8, 4) is 0 Å². The molecule has 0 radical (unpaired) electrons. The summed E-state index contributed by atoms with van der Waals surface area (Å²) in [5.41, 5.74) is 2.25. The minimum absolute atomic E-state index is 0.0798. The Morgan fingerprint density at radius 2 is 1.62 bits per heavy atom. The molecule has 0 saturated carbocycles. The first-order valence-corrected chi connectivity index (χ1v) is 7.46. The molecule has 1 N–H and O–H groups in total. The van der Waals surface area contributed by atoms with Crippen LogP contribution >= 0.6 is 0 Å². The molecule has 0 unspecified atom stereocenters. The summed E-state index contributed by atoms with van der Waals surface area (Å²) < 4.78 is 0. The van der Waals surface area contributed by atoms with Gasteiger partial charge < -0.3 is 15.1 Å². The number of amides is 2. The van der Waals surface area contributed by atoms with E-state index in [4.69, 9.17) is 0 Å². The molecule has 0 atom stereocenters. The molecule has 0 aromatic heterocycles. The van der Waals surface area contributed by atoms with E-state index < -0.39 is 0 Å². The van der Waals surface area contributed by atoms with E-state index in [1.54, 1.807) is 11.8 Å². The molecule has 5 heteroatoms. The molecule has 1 fully saturated rings. The average Bonchev–Trinajstić information content (AvgIpc) is 2.53. The Kier molecular flexibility index (Phi) is 5.20. The van der Waals surface area contributed by atoms with Crippen molar-refractivity contribution in [3.05, 3.63) is 29.8 Å². The molecule has 5 nitrogen and oxygen atoms in total. The lowest BCUT2D eigenvalue weighted by Gasteiger charge is -2.34. The smallest absolute Gasteiger partial charge is 0.241 e. The summed E-state index contributed by atoms with van der Waals surface area (Å²) in [6, 6.07) is 8.14. The summed E-state index contributed by atoms with van der Waals surface area (Å²) in [7, 11) is 0. The van der Waals surface area contributed by atoms with Crippen LogP contribution in [0.15, 0.2) is 24.3 Å². The van der Waals surface area contributed by atoms with Crippen molar-refractivity contribution in [1.29, 1.82) is 0 Å². The lowest BCUT2D eigenvalue weighted by molar-refractivity contribution is -0.137. The maximum Gasteiger partial charge on any atom is 0.241 e. The highest BCUT2D eigenvalue weighted by molar-refractivity contribution is 5.81. The van der Waals surface area contributed by atoms with Gasteiger partial charge >= 0.3 is 0 Å². The van der Waals surface area contributed by atoms with Crippen molar-refractivity contribution >= 4 is 17.5 Å². The normalized spacial score (nSPS) is 15.0. The molecule has 2 rings (SSSR count). The first-order chi connectivity index (χ1) is 10.1. The van der Waals surface area contributed by atoms with Crippen LogP contribution in [-0.4, -0.2) is 54.3 Å². The van der Waals surface area contributed by atoms with Gasteiger partial charge in [0.2, 0.25) is 11.8 Å². The van der Waals surface area contributed by atoms with Crippen molar-refractivity contribution in [2.45, 2.75) is 20.3 Å². The van der Waals surface area contributed by atoms with Gasteiger partial charge in [-0.05, 0) is 24.1 Å². The molecule has 0 bridgehead atoms. The van der Waals surface area contributed by atoms with Gasteiger partial charge in [-0.3, -0.25) is 9.59 Å². The number of benzene rings is 1. The monoisotopic (exact) mass is 289 g/mol. The number of piperazine rings is 1. The van der Waals surface area contributed by atoms with E-state index in [-0.39, 0.29) is 11.8 Å². The molecule has 2 amide bonds. The molecule has 0 spiro atoms. The van der Waals surface area contributed by atoms with E-state index in [2.05, 4.69) is 24.4 Å². The summed E-state index contributed by atoms with van der Waals surface area (Å²) in [5.74, 6) is 0.161. The summed E-state index contributed by atoms with van der Waals surface area (Å²) >= 11 is 0. The Balaban J connectivity index is 1.78. The molecule has 0 aliphatic carbocycles. The average molecular weight is 289 g/mol. The van der Waals surface area contributed by atoms with Crippen LogP contribution in [0.25, 0.3) is 0 Å². The standard InChI is InChI=1S/C16H23N3O2/c1-3-14-4-6-15(7-5-14)17-12-16(21)19-10-8-18(9-11-19)13(2)20/h4-7,17H,3,8-12H2,1-2H3. The number of carbonyl (C=O) groups is 2. The van der Waals surface area contributed by atoms with Crippen LogP contribution in [0.1, 0.15) is 19.4 Å². The van der Waals surface area contributed by atoms with Crippen molar-refractivity contribution in [2.75, 3.05) is 38.0 Å². The van der Waals surface area contributed by atoms with Gasteiger partial charge in [0.15, 0.2) is 0 Å². The highest BCUT2D eigenvalue weighted by atomic mass is 16.2.